The predicted octanol–water partition coefficient (Wildman–Crippen LogP) is 5.29. The number of hydrogen-bond acceptors (Lipinski definition) is 5. The van der Waals surface area contributed by atoms with Crippen molar-refractivity contribution in [1.29, 1.82) is 0 Å². The second-order valence-corrected chi connectivity index (χ2v) is 8.29. The van der Waals surface area contributed by atoms with Crippen LogP contribution in [0.4, 0.5) is 10.5 Å². The highest BCUT2D eigenvalue weighted by Gasteiger charge is 2.36. The third kappa shape index (κ3) is 5.53. The molecule has 3 aromatic rings. The zero-order valence-electron chi connectivity index (χ0n) is 19.2. The van der Waals surface area contributed by atoms with Gasteiger partial charge in [0.1, 0.15) is 12.2 Å². The van der Waals surface area contributed by atoms with Crippen LogP contribution in [0.15, 0.2) is 72.3 Å². The number of benzene rings is 3. The SMILES string of the molecule is CCOc1cc(/C=C2\C(=O)NC(=O)N(c3cccc(C)c3)C2=O)ccc1OCc1ccc(Cl)cc1. The molecule has 1 saturated heterocycles. The van der Waals surface area contributed by atoms with Gasteiger partial charge in [-0.15, -0.1) is 0 Å². The topological polar surface area (TPSA) is 84.9 Å². The number of ether oxygens (including phenoxy) is 2. The average Bonchev–Trinajstić information content (AvgIpc) is 2.82. The quantitative estimate of drug-likeness (QED) is 0.359. The van der Waals surface area contributed by atoms with E-state index in [0.717, 1.165) is 16.0 Å². The van der Waals surface area contributed by atoms with Gasteiger partial charge in [-0.05, 0) is 73.0 Å². The predicted molar refractivity (Wildman–Crippen MR) is 134 cm³/mol. The molecule has 1 heterocycles. The first-order chi connectivity index (χ1) is 16.9. The lowest BCUT2D eigenvalue weighted by atomic mass is 10.1. The van der Waals surface area contributed by atoms with Gasteiger partial charge in [0.2, 0.25) is 0 Å². The van der Waals surface area contributed by atoms with Crippen LogP contribution in [-0.2, 0) is 16.2 Å². The molecule has 1 aliphatic rings. The number of anilines is 1. The molecule has 4 amide bonds. The number of amides is 4. The second kappa shape index (κ2) is 10.4. The lowest BCUT2D eigenvalue weighted by Gasteiger charge is -2.26. The van der Waals surface area contributed by atoms with E-state index in [1.54, 1.807) is 48.5 Å². The van der Waals surface area contributed by atoms with E-state index in [4.69, 9.17) is 21.1 Å². The Balaban J connectivity index is 1.61. The smallest absolute Gasteiger partial charge is 0.335 e. The van der Waals surface area contributed by atoms with Crippen molar-refractivity contribution in [2.75, 3.05) is 11.5 Å². The van der Waals surface area contributed by atoms with Gasteiger partial charge in [0.05, 0.1) is 12.3 Å². The Kier molecular flexibility index (Phi) is 7.17. The van der Waals surface area contributed by atoms with Crippen molar-refractivity contribution in [2.24, 2.45) is 0 Å². The Morgan fingerprint density at radius 2 is 1.71 bits per heavy atom. The summed E-state index contributed by atoms with van der Waals surface area (Å²) in [5, 5.41) is 2.88. The van der Waals surface area contributed by atoms with Crippen molar-refractivity contribution in [3.8, 4) is 11.5 Å². The summed E-state index contributed by atoms with van der Waals surface area (Å²) in [6, 6.07) is 18.6. The molecule has 178 valence electrons. The number of urea groups is 1. The van der Waals surface area contributed by atoms with Crippen LogP contribution in [0.3, 0.4) is 0 Å². The summed E-state index contributed by atoms with van der Waals surface area (Å²) in [6.45, 7) is 4.40. The molecule has 0 bridgehead atoms. The van der Waals surface area contributed by atoms with Gasteiger partial charge in [0, 0.05) is 5.02 Å². The van der Waals surface area contributed by atoms with Gasteiger partial charge in [-0.2, -0.15) is 0 Å². The second-order valence-electron chi connectivity index (χ2n) is 7.85. The Labute approximate surface area is 207 Å². The summed E-state index contributed by atoms with van der Waals surface area (Å²) in [4.78, 5) is 39.0. The Morgan fingerprint density at radius 1 is 0.943 bits per heavy atom. The van der Waals surface area contributed by atoms with Gasteiger partial charge in [0.25, 0.3) is 11.8 Å². The summed E-state index contributed by atoms with van der Waals surface area (Å²) >= 11 is 5.93. The molecule has 0 aromatic heterocycles. The maximum atomic E-state index is 13.1. The minimum Gasteiger partial charge on any atom is -0.490 e. The molecule has 3 aromatic carbocycles. The van der Waals surface area contributed by atoms with Crippen molar-refractivity contribution < 1.29 is 23.9 Å². The third-order valence-electron chi connectivity index (χ3n) is 5.25. The molecule has 4 rings (SSSR count). The maximum absolute atomic E-state index is 13.1. The molecule has 35 heavy (non-hydrogen) atoms. The molecule has 0 radical (unpaired) electrons. The maximum Gasteiger partial charge on any atom is 0.335 e. The highest BCUT2D eigenvalue weighted by molar-refractivity contribution is 6.39. The minimum atomic E-state index is -0.788. The highest BCUT2D eigenvalue weighted by Crippen LogP contribution is 2.31. The fourth-order valence-corrected chi connectivity index (χ4v) is 3.70. The number of hydrogen-bond donors (Lipinski definition) is 1. The summed E-state index contributed by atoms with van der Waals surface area (Å²) in [5.74, 6) is -0.485. The molecular formula is C27H23ClN2O5. The average molecular weight is 491 g/mol. The number of carbonyl (C=O) groups is 3. The number of nitrogens with zero attached hydrogens (tertiary/aromatic N) is 1. The summed E-state index contributed by atoms with van der Waals surface area (Å²) in [5.41, 5.74) is 2.58. The first-order valence-electron chi connectivity index (χ1n) is 11.0. The first kappa shape index (κ1) is 24.0. The van der Waals surface area contributed by atoms with E-state index in [1.807, 2.05) is 32.0 Å². The number of halogens is 1. The van der Waals surface area contributed by atoms with Gasteiger partial charge >= 0.3 is 6.03 Å². The number of barbiturate groups is 1. The Hall–Kier alpha value is -4.10. The number of nitrogens with one attached hydrogen (secondary N) is 1. The van der Waals surface area contributed by atoms with Crippen molar-refractivity contribution in [3.05, 3.63) is 94.0 Å². The molecule has 1 fully saturated rings. The molecule has 0 spiro atoms. The Morgan fingerprint density at radius 3 is 2.43 bits per heavy atom. The van der Waals surface area contributed by atoms with E-state index < -0.39 is 17.8 Å². The molecule has 8 heteroatoms. The van der Waals surface area contributed by atoms with Crippen LogP contribution in [0.25, 0.3) is 6.08 Å². The summed E-state index contributed by atoms with van der Waals surface area (Å²) in [6.07, 6.45) is 1.43. The van der Waals surface area contributed by atoms with E-state index in [2.05, 4.69) is 5.32 Å². The fourth-order valence-electron chi connectivity index (χ4n) is 3.57. The van der Waals surface area contributed by atoms with Crippen LogP contribution in [0.2, 0.25) is 5.02 Å². The van der Waals surface area contributed by atoms with Crippen LogP contribution >= 0.6 is 11.6 Å². The van der Waals surface area contributed by atoms with Gasteiger partial charge in [-0.25, -0.2) is 9.69 Å². The van der Waals surface area contributed by atoms with Crippen molar-refractivity contribution in [3.63, 3.8) is 0 Å². The molecule has 7 nitrogen and oxygen atoms in total. The standard InChI is InChI=1S/C27H23ClN2O5/c1-3-34-24-15-19(9-12-23(24)35-16-18-7-10-20(28)11-8-18)14-22-25(31)29-27(33)30(26(22)32)21-6-4-5-17(2)13-21/h4-15H,3,16H2,1-2H3,(H,29,31,33)/b22-14+. The number of carbonyl (C=O) groups excluding carboxylic acids is 3. The number of aryl methyl sites for hydroxylation is 1. The zero-order chi connectivity index (χ0) is 24.9. The number of rotatable bonds is 7. The fraction of sp³-hybridized carbons (Fsp3) is 0.148. The van der Waals surface area contributed by atoms with Crippen LogP contribution in [0, 0.1) is 6.92 Å². The number of imide groups is 2. The van der Waals surface area contributed by atoms with Crippen molar-refractivity contribution in [1.82, 2.24) is 5.32 Å². The van der Waals surface area contributed by atoms with Crippen LogP contribution < -0.4 is 19.7 Å². The monoisotopic (exact) mass is 490 g/mol. The zero-order valence-corrected chi connectivity index (χ0v) is 20.0. The molecule has 0 unspecified atom stereocenters. The Bertz CT molecular complexity index is 1320. The van der Waals surface area contributed by atoms with E-state index in [1.165, 1.54) is 6.08 Å². The van der Waals surface area contributed by atoms with Gasteiger partial charge in [0.15, 0.2) is 11.5 Å². The largest absolute Gasteiger partial charge is 0.490 e. The van der Waals surface area contributed by atoms with Gasteiger partial charge < -0.3 is 9.47 Å². The summed E-state index contributed by atoms with van der Waals surface area (Å²) < 4.78 is 11.6. The highest BCUT2D eigenvalue weighted by atomic mass is 35.5. The molecule has 1 aliphatic heterocycles. The van der Waals surface area contributed by atoms with Crippen molar-refractivity contribution in [2.45, 2.75) is 20.5 Å². The van der Waals surface area contributed by atoms with E-state index in [9.17, 15) is 14.4 Å². The third-order valence-corrected chi connectivity index (χ3v) is 5.50. The van der Waals surface area contributed by atoms with E-state index in [-0.39, 0.29) is 5.57 Å². The normalized spacial score (nSPS) is 14.8. The lowest BCUT2D eigenvalue weighted by molar-refractivity contribution is -0.122. The van der Waals surface area contributed by atoms with E-state index in [0.29, 0.717) is 41.0 Å². The summed E-state index contributed by atoms with van der Waals surface area (Å²) in [7, 11) is 0. The lowest BCUT2D eigenvalue weighted by Crippen LogP contribution is -2.54. The van der Waals surface area contributed by atoms with Crippen LogP contribution in [-0.4, -0.2) is 24.5 Å². The van der Waals surface area contributed by atoms with Gasteiger partial charge in [-0.1, -0.05) is 41.9 Å². The first-order valence-corrected chi connectivity index (χ1v) is 11.4. The molecule has 1 N–H and O–H groups in total. The molecular weight excluding hydrogens is 468 g/mol. The van der Waals surface area contributed by atoms with Gasteiger partial charge in [-0.3, -0.25) is 14.9 Å². The van der Waals surface area contributed by atoms with Crippen LogP contribution in [0.5, 0.6) is 11.5 Å². The van der Waals surface area contributed by atoms with Crippen LogP contribution in [0.1, 0.15) is 23.6 Å². The van der Waals surface area contributed by atoms with Crippen molar-refractivity contribution >= 4 is 41.2 Å². The molecule has 0 aliphatic carbocycles. The molecule has 0 saturated carbocycles. The van der Waals surface area contributed by atoms with E-state index >= 15 is 0 Å². The minimum absolute atomic E-state index is 0.164. The molecule has 0 atom stereocenters.